The van der Waals surface area contributed by atoms with E-state index in [1.165, 1.54) is 12.1 Å². The second kappa shape index (κ2) is 9.34. The van der Waals surface area contributed by atoms with E-state index in [1.54, 1.807) is 36.4 Å². The molecule has 0 N–H and O–H groups in total. The molecule has 0 unspecified atom stereocenters. The first-order valence-electron chi connectivity index (χ1n) is 10.7. The van der Waals surface area contributed by atoms with Crippen molar-refractivity contribution < 1.29 is 41.0 Å². The first-order chi connectivity index (χ1) is 17.7. The Labute approximate surface area is 205 Å². The molecule has 0 radical (unpaired) electrons. The van der Waals surface area contributed by atoms with Crippen molar-refractivity contribution in [1.29, 1.82) is 0 Å². The van der Waals surface area contributed by atoms with Crippen LogP contribution in [0.3, 0.4) is 0 Å². The van der Waals surface area contributed by atoms with Crippen LogP contribution in [0.2, 0.25) is 0 Å². The lowest BCUT2D eigenvalue weighted by Gasteiger charge is -2.14. The zero-order valence-electron chi connectivity index (χ0n) is 18.5. The van der Waals surface area contributed by atoms with Gasteiger partial charge in [-0.1, -0.05) is 24.3 Å². The van der Waals surface area contributed by atoms with Gasteiger partial charge >= 0.3 is 11.9 Å². The molecule has 5 aromatic rings. The molecule has 0 bridgehead atoms. The number of fused-ring (bicyclic) bond motifs is 2. The number of benzene rings is 5. The van der Waals surface area contributed by atoms with Gasteiger partial charge in [0.05, 0.1) is 11.1 Å². The van der Waals surface area contributed by atoms with Crippen LogP contribution < -0.4 is 9.47 Å². The molecule has 0 heterocycles. The molecule has 37 heavy (non-hydrogen) atoms. The summed E-state index contributed by atoms with van der Waals surface area (Å²) in [5.41, 5.74) is -1.06. The SMILES string of the molecule is O=C(Oc1ccc(OC(=O)c2ccc(F)c(F)c2F)c2cc3ccccc3cc12)c1ccc(F)c(F)c1. The molecular weight excluding hydrogens is 495 g/mol. The van der Waals surface area contributed by atoms with Crippen LogP contribution in [0.25, 0.3) is 21.5 Å². The largest absolute Gasteiger partial charge is 0.422 e. The molecule has 4 nitrogen and oxygen atoms in total. The van der Waals surface area contributed by atoms with Gasteiger partial charge in [0.2, 0.25) is 0 Å². The van der Waals surface area contributed by atoms with Crippen LogP contribution in [0.4, 0.5) is 22.0 Å². The van der Waals surface area contributed by atoms with E-state index in [4.69, 9.17) is 9.47 Å². The van der Waals surface area contributed by atoms with Crippen LogP contribution >= 0.6 is 0 Å². The highest BCUT2D eigenvalue weighted by Crippen LogP contribution is 2.37. The van der Waals surface area contributed by atoms with Crippen LogP contribution in [0.1, 0.15) is 20.7 Å². The molecule has 0 aliphatic carbocycles. The van der Waals surface area contributed by atoms with Gasteiger partial charge in [-0.25, -0.2) is 31.5 Å². The molecule has 0 aliphatic rings. The average molecular weight is 508 g/mol. The minimum Gasteiger partial charge on any atom is -0.422 e. The van der Waals surface area contributed by atoms with Crippen LogP contribution in [-0.2, 0) is 0 Å². The predicted octanol–water partition coefficient (Wildman–Crippen LogP) is 7.13. The lowest BCUT2D eigenvalue weighted by atomic mass is 10.0. The van der Waals surface area contributed by atoms with Gasteiger partial charge in [-0.3, -0.25) is 0 Å². The van der Waals surface area contributed by atoms with Crippen LogP contribution in [-0.4, -0.2) is 11.9 Å². The molecule has 5 rings (SSSR count). The van der Waals surface area contributed by atoms with Gasteiger partial charge in [0.15, 0.2) is 29.1 Å². The minimum atomic E-state index is -1.82. The number of ether oxygens (including phenoxy) is 2. The zero-order chi connectivity index (χ0) is 26.3. The van der Waals surface area contributed by atoms with Crippen molar-refractivity contribution in [2.75, 3.05) is 0 Å². The summed E-state index contributed by atoms with van der Waals surface area (Å²) in [6, 6.07) is 16.8. The Bertz CT molecular complexity index is 1730. The summed E-state index contributed by atoms with van der Waals surface area (Å²) in [6.07, 6.45) is 0. The third kappa shape index (κ3) is 4.47. The molecule has 0 saturated heterocycles. The smallest absolute Gasteiger partial charge is 0.346 e. The maximum absolute atomic E-state index is 14.1. The third-order valence-electron chi connectivity index (χ3n) is 5.62. The van der Waals surface area contributed by atoms with Gasteiger partial charge in [-0.2, -0.15) is 0 Å². The standard InChI is InChI=1S/C28H13F5O4/c29-20-7-5-16(13-22(20)31)27(34)36-23-9-10-24(19-12-15-4-2-1-3-14(15)11-18(19)23)37-28(35)17-6-8-21(30)26(33)25(17)32/h1-13H. The van der Waals surface area contributed by atoms with Gasteiger partial charge in [-0.15, -0.1) is 0 Å². The topological polar surface area (TPSA) is 52.6 Å². The maximum atomic E-state index is 14.1. The quantitative estimate of drug-likeness (QED) is 0.0853. The van der Waals surface area contributed by atoms with Crippen molar-refractivity contribution in [2.24, 2.45) is 0 Å². The van der Waals surface area contributed by atoms with E-state index in [9.17, 15) is 31.5 Å². The zero-order valence-corrected chi connectivity index (χ0v) is 18.5. The Kier molecular flexibility index (Phi) is 6.04. The van der Waals surface area contributed by atoms with E-state index in [1.807, 2.05) is 0 Å². The van der Waals surface area contributed by atoms with Crippen molar-refractivity contribution in [1.82, 2.24) is 0 Å². The Morgan fingerprint density at radius 1 is 0.541 bits per heavy atom. The van der Waals surface area contributed by atoms with E-state index in [0.717, 1.165) is 29.0 Å². The summed E-state index contributed by atoms with van der Waals surface area (Å²) in [7, 11) is 0. The molecule has 5 aromatic carbocycles. The number of hydrogen-bond donors (Lipinski definition) is 0. The van der Waals surface area contributed by atoms with Crippen molar-refractivity contribution in [3.05, 3.63) is 119 Å². The summed E-state index contributed by atoms with van der Waals surface area (Å²) in [4.78, 5) is 25.2. The van der Waals surface area contributed by atoms with Crippen LogP contribution in [0.15, 0.2) is 78.9 Å². The summed E-state index contributed by atoms with van der Waals surface area (Å²) in [6.45, 7) is 0. The molecule has 0 aliphatic heterocycles. The van der Waals surface area contributed by atoms with E-state index >= 15 is 0 Å². The number of carbonyl (C=O) groups is 2. The Morgan fingerprint density at radius 3 is 1.70 bits per heavy atom. The third-order valence-corrected chi connectivity index (χ3v) is 5.62. The van der Waals surface area contributed by atoms with Crippen molar-refractivity contribution >= 4 is 33.5 Å². The summed E-state index contributed by atoms with van der Waals surface area (Å²) < 4.78 is 78.6. The summed E-state index contributed by atoms with van der Waals surface area (Å²) in [5, 5.41) is 2.02. The van der Waals surface area contributed by atoms with Gasteiger partial charge in [0.25, 0.3) is 0 Å². The Morgan fingerprint density at radius 2 is 1.11 bits per heavy atom. The summed E-state index contributed by atoms with van der Waals surface area (Å²) >= 11 is 0. The van der Waals surface area contributed by atoms with Crippen LogP contribution in [0.5, 0.6) is 11.5 Å². The molecular formula is C28H13F5O4. The van der Waals surface area contributed by atoms with E-state index < -0.39 is 46.6 Å². The van der Waals surface area contributed by atoms with Crippen molar-refractivity contribution in [3.63, 3.8) is 0 Å². The van der Waals surface area contributed by atoms with Crippen molar-refractivity contribution in [3.8, 4) is 11.5 Å². The second-order valence-electron chi connectivity index (χ2n) is 7.94. The van der Waals surface area contributed by atoms with Crippen LogP contribution in [0, 0.1) is 29.1 Å². The van der Waals surface area contributed by atoms with Gasteiger partial charge in [0, 0.05) is 10.8 Å². The average Bonchev–Trinajstić information content (AvgIpc) is 2.89. The first kappa shape index (κ1) is 23.9. The second-order valence-corrected chi connectivity index (χ2v) is 7.94. The highest BCUT2D eigenvalue weighted by atomic mass is 19.2. The van der Waals surface area contributed by atoms with E-state index in [0.29, 0.717) is 17.5 Å². The minimum absolute atomic E-state index is 0.00860. The highest BCUT2D eigenvalue weighted by molar-refractivity contribution is 6.06. The molecule has 0 atom stereocenters. The molecule has 0 fully saturated rings. The Hall–Kier alpha value is -4.79. The first-order valence-corrected chi connectivity index (χ1v) is 10.7. The summed E-state index contributed by atoms with van der Waals surface area (Å²) in [5.74, 6) is -9.65. The lowest BCUT2D eigenvalue weighted by Crippen LogP contribution is -2.13. The fourth-order valence-corrected chi connectivity index (χ4v) is 3.78. The molecule has 0 saturated carbocycles. The monoisotopic (exact) mass is 508 g/mol. The van der Waals surface area contributed by atoms with Gasteiger partial charge in [-0.05, 0) is 65.4 Å². The van der Waals surface area contributed by atoms with E-state index in [2.05, 4.69) is 0 Å². The molecule has 9 heteroatoms. The van der Waals surface area contributed by atoms with E-state index in [-0.39, 0.29) is 22.4 Å². The number of esters is 2. The number of halogens is 5. The Balaban J connectivity index is 1.58. The highest BCUT2D eigenvalue weighted by Gasteiger charge is 2.22. The van der Waals surface area contributed by atoms with Gasteiger partial charge in [0.1, 0.15) is 11.5 Å². The number of rotatable bonds is 4. The fraction of sp³-hybridized carbons (Fsp3) is 0. The number of hydrogen-bond acceptors (Lipinski definition) is 4. The molecule has 0 amide bonds. The number of carbonyl (C=O) groups excluding carboxylic acids is 2. The maximum Gasteiger partial charge on any atom is 0.346 e. The molecule has 184 valence electrons. The van der Waals surface area contributed by atoms with Gasteiger partial charge < -0.3 is 9.47 Å². The lowest BCUT2D eigenvalue weighted by molar-refractivity contribution is 0.0719. The normalized spacial score (nSPS) is 11.1. The predicted molar refractivity (Wildman–Crippen MR) is 124 cm³/mol. The molecule has 0 spiro atoms. The van der Waals surface area contributed by atoms with Crippen molar-refractivity contribution in [2.45, 2.75) is 0 Å². The molecule has 0 aromatic heterocycles. The fourth-order valence-electron chi connectivity index (χ4n) is 3.78.